The molecule has 0 aliphatic carbocycles. The molecule has 0 amide bonds. The minimum atomic E-state index is -0.0945. The zero-order chi connectivity index (χ0) is 13.8. The number of benzene rings is 2. The van der Waals surface area contributed by atoms with Gasteiger partial charge in [-0.2, -0.15) is 0 Å². The summed E-state index contributed by atoms with van der Waals surface area (Å²) in [5, 5.41) is 18.9. The first-order valence-corrected chi connectivity index (χ1v) is 5.95. The van der Waals surface area contributed by atoms with Crippen LogP contribution in [0.4, 0.5) is 0 Å². The van der Waals surface area contributed by atoms with Crippen molar-refractivity contribution in [2.24, 2.45) is 0 Å². The van der Waals surface area contributed by atoms with Crippen LogP contribution in [-0.4, -0.2) is 17.9 Å². The van der Waals surface area contributed by atoms with E-state index in [0.717, 1.165) is 7.69 Å². The van der Waals surface area contributed by atoms with E-state index in [1.807, 2.05) is 0 Å². The quantitative estimate of drug-likeness (QED) is 0.849. The maximum Gasteiger partial charge on any atom is 0.658 e. The molecule has 0 aromatic heterocycles. The van der Waals surface area contributed by atoms with E-state index in [9.17, 15) is 10.2 Å². The average Bonchev–Trinajstić information content (AvgIpc) is 2.39. The van der Waals surface area contributed by atoms with Gasteiger partial charge in [0.15, 0.2) is 0 Å². The van der Waals surface area contributed by atoms with Crippen molar-refractivity contribution in [2.75, 3.05) is 0 Å². The number of aromatic hydroxyl groups is 2. The minimum Gasteiger partial charge on any atom is -0.525 e. The van der Waals surface area contributed by atoms with Crippen LogP contribution in [0.15, 0.2) is 36.4 Å². The van der Waals surface area contributed by atoms with Crippen LogP contribution in [0.1, 0.15) is 0 Å². The van der Waals surface area contributed by atoms with Crippen molar-refractivity contribution in [1.29, 1.82) is 0 Å². The van der Waals surface area contributed by atoms with Gasteiger partial charge in [-0.05, 0) is 24.3 Å². The van der Waals surface area contributed by atoms with Gasteiger partial charge in [-0.3, -0.25) is 0 Å². The number of hydrogen-bond donors (Lipinski definition) is 2. The van der Waals surface area contributed by atoms with Crippen LogP contribution in [0.3, 0.4) is 0 Å². The van der Waals surface area contributed by atoms with E-state index in [-0.39, 0.29) is 33.0 Å². The van der Waals surface area contributed by atoms with Crippen molar-refractivity contribution in [3.8, 4) is 23.0 Å². The molecule has 0 fully saturated rings. The molecule has 0 saturated carbocycles. The standard InChI is InChI=1S/C12H8BCl2O4/c14-11-7(16)3-1-5-9(11)18-13-19-10-6-2-4-8(17)12(10)15/h1-6,16-17H. The Balaban J connectivity index is 2.00. The smallest absolute Gasteiger partial charge is 0.525 e. The van der Waals surface area contributed by atoms with Crippen LogP contribution in [0.5, 0.6) is 23.0 Å². The van der Waals surface area contributed by atoms with Gasteiger partial charge in [0, 0.05) is 0 Å². The SMILES string of the molecule is Oc1cccc(O[B]Oc2cccc(O)c2Cl)c1Cl. The third kappa shape index (κ3) is 3.19. The highest BCUT2D eigenvalue weighted by molar-refractivity contribution is 6.35. The first kappa shape index (κ1) is 13.7. The largest absolute Gasteiger partial charge is 0.658 e. The summed E-state index contributed by atoms with van der Waals surface area (Å²) in [6.45, 7) is 0. The van der Waals surface area contributed by atoms with E-state index in [0.29, 0.717) is 0 Å². The molecule has 2 aromatic rings. The molecular formula is C12H8BCl2O4. The van der Waals surface area contributed by atoms with Gasteiger partial charge in [0.2, 0.25) is 0 Å². The topological polar surface area (TPSA) is 58.9 Å². The lowest BCUT2D eigenvalue weighted by Crippen LogP contribution is -2.11. The molecule has 0 atom stereocenters. The van der Waals surface area contributed by atoms with Crippen molar-refractivity contribution in [2.45, 2.75) is 0 Å². The van der Waals surface area contributed by atoms with E-state index < -0.39 is 0 Å². The van der Waals surface area contributed by atoms with Gasteiger partial charge in [0.1, 0.15) is 33.0 Å². The van der Waals surface area contributed by atoms with E-state index in [1.54, 1.807) is 24.3 Å². The fourth-order valence-electron chi connectivity index (χ4n) is 1.31. The molecule has 2 rings (SSSR count). The predicted octanol–water partition coefficient (Wildman–Crippen LogP) is 3.40. The third-order valence-electron chi connectivity index (χ3n) is 2.24. The predicted molar refractivity (Wildman–Crippen MR) is 73.2 cm³/mol. The summed E-state index contributed by atoms with van der Waals surface area (Å²) in [5.74, 6) is 0.279. The number of hydrogen-bond acceptors (Lipinski definition) is 4. The number of phenolic OH excluding ortho intramolecular Hbond substituents is 2. The first-order valence-electron chi connectivity index (χ1n) is 5.19. The van der Waals surface area contributed by atoms with E-state index in [2.05, 4.69) is 0 Å². The normalized spacial score (nSPS) is 10.0. The minimum absolute atomic E-state index is 0.0735. The van der Waals surface area contributed by atoms with Gasteiger partial charge >= 0.3 is 7.69 Å². The Hall–Kier alpha value is -1.72. The molecule has 2 aromatic carbocycles. The molecule has 4 nitrogen and oxygen atoms in total. The summed E-state index contributed by atoms with van der Waals surface area (Å²) >= 11 is 11.6. The molecule has 0 bridgehead atoms. The molecule has 7 heteroatoms. The lowest BCUT2D eigenvalue weighted by atomic mass is 10.2. The van der Waals surface area contributed by atoms with Crippen LogP contribution in [-0.2, 0) is 0 Å². The molecule has 2 N–H and O–H groups in total. The van der Waals surface area contributed by atoms with Gasteiger partial charge in [-0.15, -0.1) is 0 Å². The summed E-state index contributed by atoms with van der Waals surface area (Å²) in [6, 6.07) is 9.14. The van der Waals surface area contributed by atoms with Gasteiger partial charge in [-0.25, -0.2) is 0 Å². The van der Waals surface area contributed by atoms with Gasteiger partial charge in [0.05, 0.1) is 0 Å². The fraction of sp³-hybridized carbons (Fsp3) is 0. The summed E-state index contributed by atoms with van der Waals surface area (Å²) in [4.78, 5) is 0. The maximum absolute atomic E-state index is 9.38. The molecule has 0 spiro atoms. The summed E-state index contributed by atoms with van der Waals surface area (Å²) in [6.07, 6.45) is 0. The second kappa shape index (κ2) is 5.95. The highest BCUT2D eigenvalue weighted by Gasteiger charge is 2.11. The van der Waals surface area contributed by atoms with Crippen molar-refractivity contribution in [3.63, 3.8) is 0 Å². The van der Waals surface area contributed by atoms with Crippen LogP contribution in [0.2, 0.25) is 10.0 Å². The monoisotopic (exact) mass is 297 g/mol. The number of rotatable bonds is 4. The van der Waals surface area contributed by atoms with E-state index >= 15 is 0 Å². The average molecular weight is 298 g/mol. The van der Waals surface area contributed by atoms with Crippen molar-refractivity contribution in [3.05, 3.63) is 46.4 Å². The molecule has 19 heavy (non-hydrogen) atoms. The lowest BCUT2D eigenvalue weighted by Gasteiger charge is -2.10. The van der Waals surface area contributed by atoms with Crippen LogP contribution in [0, 0.1) is 0 Å². The van der Waals surface area contributed by atoms with E-state index in [4.69, 9.17) is 32.5 Å². The lowest BCUT2D eigenvalue weighted by molar-refractivity contribution is 0.443. The third-order valence-corrected chi connectivity index (χ3v) is 3.00. The maximum atomic E-state index is 9.38. The van der Waals surface area contributed by atoms with Crippen LogP contribution >= 0.6 is 23.2 Å². The summed E-state index contributed by atoms with van der Waals surface area (Å²) in [7, 11) is 1.00. The molecule has 0 heterocycles. The molecule has 0 aliphatic heterocycles. The summed E-state index contributed by atoms with van der Waals surface area (Å²) in [5.41, 5.74) is 0. The molecule has 0 unspecified atom stereocenters. The molecule has 0 aliphatic rings. The Bertz CT molecular complexity index is 540. The highest BCUT2D eigenvalue weighted by atomic mass is 35.5. The van der Waals surface area contributed by atoms with Crippen molar-refractivity contribution >= 4 is 30.9 Å². The first-order chi connectivity index (χ1) is 9.09. The molecule has 0 saturated heterocycles. The molecular weight excluding hydrogens is 290 g/mol. The Kier molecular flexibility index (Phi) is 4.29. The Morgan fingerprint density at radius 2 is 1.21 bits per heavy atom. The van der Waals surface area contributed by atoms with Gasteiger partial charge in [-0.1, -0.05) is 35.3 Å². The summed E-state index contributed by atoms with van der Waals surface area (Å²) < 4.78 is 10.3. The van der Waals surface area contributed by atoms with Crippen molar-refractivity contribution in [1.82, 2.24) is 0 Å². The van der Waals surface area contributed by atoms with E-state index in [1.165, 1.54) is 12.1 Å². The second-order valence-corrected chi connectivity index (χ2v) is 4.27. The Morgan fingerprint density at radius 3 is 1.63 bits per heavy atom. The zero-order valence-corrected chi connectivity index (χ0v) is 11.0. The van der Waals surface area contributed by atoms with Crippen LogP contribution < -0.4 is 9.31 Å². The molecule has 1 radical (unpaired) electrons. The highest BCUT2D eigenvalue weighted by Crippen LogP contribution is 2.34. The van der Waals surface area contributed by atoms with Crippen molar-refractivity contribution < 1.29 is 19.5 Å². The van der Waals surface area contributed by atoms with Gasteiger partial charge in [0.25, 0.3) is 0 Å². The van der Waals surface area contributed by atoms with Crippen LogP contribution in [0.25, 0.3) is 0 Å². The Labute approximate surface area is 120 Å². The zero-order valence-electron chi connectivity index (χ0n) is 9.51. The number of halogens is 2. The number of phenols is 2. The van der Waals surface area contributed by atoms with Gasteiger partial charge < -0.3 is 19.5 Å². The fourth-order valence-corrected chi connectivity index (χ4v) is 1.65. The molecule has 97 valence electrons. The second-order valence-electron chi connectivity index (χ2n) is 3.51. The Morgan fingerprint density at radius 1 is 0.789 bits per heavy atom.